The molecule has 2 aromatic rings. The van der Waals surface area contributed by atoms with Crippen molar-refractivity contribution in [3.8, 4) is 0 Å². The van der Waals surface area contributed by atoms with Crippen LogP contribution in [0.15, 0.2) is 12.1 Å². The summed E-state index contributed by atoms with van der Waals surface area (Å²) in [4.78, 5) is 15.5. The average Bonchev–Trinajstić information content (AvgIpc) is 2.55. The van der Waals surface area contributed by atoms with Crippen LogP contribution < -0.4 is 0 Å². The minimum atomic E-state index is -0.334. The number of hydrogen-bond donors (Lipinski definition) is 0. The maximum absolute atomic E-state index is 11.4. The molecule has 0 radical (unpaired) electrons. The predicted octanol–water partition coefficient (Wildman–Crippen LogP) is 3.04. The molecule has 0 spiro atoms. The van der Waals surface area contributed by atoms with Crippen LogP contribution in [0.1, 0.15) is 15.9 Å². The van der Waals surface area contributed by atoms with Crippen molar-refractivity contribution in [3.63, 3.8) is 0 Å². The van der Waals surface area contributed by atoms with E-state index in [1.165, 1.54) is 18.4 Å². The third kappa shape index (κ3) is 1.82. The van der Waals surface area contributed by atoms with Crippen molar-refractivity contribution in [1.82, 2.24) is 4.98 Å². The molecule has 3 nitrogen and oxygen atoms in total. The van der Waals surface area contributed by atoms with Gasteiger partial charge in [-0.3, -0.25) is 0 Å². The van der Waals surface area contributed by atoms with Gasteiger partial charge in [0.25, 0.3) is 0 Å². The van der Waals surface area contributed by atoms with Gasteiger partial charge in [-0.2, -0.15) is 0 Å². The molecule has 0 amide bonds. The van der Waals surface area contributed by atoms with Crippen molar-refractivity contribution >= 4 is 39.1 Å². The summed E-state index contributed by atoms with van der Waals surface area (Å²) in [6.45, 7) is 1.85. The fourth-order valence-electron chi connectivity index (χ4n) is 1.38. The van der Waals surface area contributed by atoms with Gasteiger partial charge in [0.1, 0.15) is 0 Å². The number of fused-ring (bicyclic) bond motifs is 1. The van der Waals surface area contributed by atoms with Crippen molar-refractivity contribution in [2.75, 3.05) is 7.11 Å². The Labute approximate surface area is 95.6 Å². The van der Waals surface area contributed by atoms with E-state index in [1.54, 1.807) is 6.07 Å². The Balaban J connectivity index is 2.66. The van der Waals surface area contributed by atoms with Crippen molar-refractivity contribution in [2.45, 2.75) is 6.92 Å². The number of aromatic nitrogens is 1. The normalized spacial score (nSPS) is 10.6. The summed E-state index contributed by atoms with van der Waals surface area (Å²) in [6, 6.07) is 3.60. The standard InChI is InChI=1S/C10H8ClNO2S/c1-5-3-7-8(15-10(11)12-7)4-6(5)9(13)14-2/h3-4H,1-2H3. The molecular weight excluding hydrogens is 234 g/mol. The minimum absolute atomic E-state index is 0.334. The van der Waals surface area contributed by atoms with Crippen LogP contribution in [0.3, 0.4) is 0 Å². The summed E-state index contributed by atoms with van der Waals surface area (Å²) in [7, 11) is 1.37. The van der Waals surface area contributed by atoms with Gasteiger partial charge in [-0.25, -0.2) is 9.78 Å². The highest BCUT2D eigenvalue weighted by Crippen LogP contribution is 2.28. The third-order valence-electron chi connectivity index (χ3n) is 2.11. The summed E-state index contributed by atoms with van der Waals surface area (Å²) in [6.07, 6.45) is 0. The van der Waals surface area contributed by atoms with Crippen molar-refractivity contribution in [2.24, 2.45) is 0 Å². The average molecular weight is 242 g/mol. The van der Waals surface area contributed by atoms with Gasteiger partial charge in [0, 0.05) is 0 Å². The number of ether oxygens (including phenoxy) is 1. The molecule has 0 saturated heterocycles. The van der Waals surface area contributed by atoms with Crippen LogP contribution in [0, 0.1) is 6.92 Å². The molecule has 0 N–H and O–H groups in total. The number of halogens is 1. The molecule has 1 heterocycles. The minimum Gasteiger partial charge on any atom is -0.465 e. The molecule has 0 saturated carbocycles. The van der Waals surface area contributed by atoms with Crippen LogP contribution in [0.25, 0.3) is 10.2 Å². The Kier molecular flexibility index (Phi) is 2.63. The highest BCUT2D eigenvalue weighted by molar-refractivity contribution is 7.22. The van der Waals surface area contributed by atoms with Gasteiger partial charge >= 0.3 is 5.97 Å². The first-order valence-corrected chi connectivity index (χ1v) is 5.46. The summed E-state index contributed by atoms with van der Waals surface area (Å²) in [5.41, 5.74) is 2.22. The Morgan fingerprint density at radius 1 is 1.53 bits per heavy atom. The maximum Gasteiger partial charge on any atom is 0.338 e. The quantitative estimate of drug-likeness (QED) is 0.721. The number of methoxy groups -OCH3 is 1. The van der Waals surface area contributed by atoms with Gasteiger partial charge in [-0.1, -0.05) is 11.6 Å². The molecule has 1 aromatic heterocycles. The fraction of sp³-hybridized carbons (Fsp3) is 0.200. The smallest absolute Gasteiger partial charge is 0.338 e. The second-order valence-electron chi connectivity index (χ2n) is 3.09. The highest BCUT2D eigenvalue weighted by Gasteiger charge is 2.12. The lowest BCUT2D eigenvalue weighted by Crippen LogP contribution is -2.03. The lowest BCUT2D eigenvalue weighted by atomic mass is 10.1. The molecule has 15 heavy (non-hydrogen) atoms. The van der Waals surface area contributed by atoms with Gasteiger partial charge < -0.3 is 4.74 Å². The molecule has 0 aliphatic rings. The van der Waals surface area contributed by atoms with E-state index < -0.39 is 0 Å². The van der Waals surface area contributed by atoms with Crippen LogP contribution in [0.4, 0.5) is 0 Å². The molecule has 1 aromatic carbocycles. The zero-order chi connectivity index (χ0) is 11.0. The second-order valence-corrected chi connectivity index (χ2v) is 4.71. The number of thiazole rings is 1. The van der Waals surface area contributed by atoms with E-state index >= 15 is 0 Å². The van der Waals surface area contributed by atoms with Crippen LogP contribution in [0.2, 0.25) is 4.47 Å². The Hall–Kier alpha value is -1.13. The van der Waals surface area contributed by atoms with E-state index in [0.29, 0.717) is 10.0 Å². The molecule has 0 bridgehead atoms. The van der Waals surface area contributed by atoms with Crippen LogP contribution >= 0.6 is 22.9 Å². The number of esters is 1. The molecular formula is C10H8ClNO2S. The van der Waals surface area contributed by atoms with Gasteiger partial charge in [-0.15, -0.1) is 11.3 Å². The Morgan fingerprint density at radius 3 is 2.93 bits per heavy atom. The second kappa shape index (κ2) is 3.79. The first-order valence-electron chi connectivity index (χ1n) is 4.27. The molecule has 0 aliphatic carbocycles. The van der Waals surface area contributed by atoms with E-state index in [2.05, 4.69) is 9.72 Å². The molecule has 2 rings (SSSR count). The predicted molar refractivity (Wildman–Crippen MR) is 60.7 cm³/mol. The lowest BCUT2D eigenvalue weighted by Gasteiger charge is -2.02. The van der Waals surface area contributed by atoms with Gasteiger partial charge in [0.15, 0.2) is 4.47 Å². The molecule has 78 valence electrons. The molecule has 0 fully saturated rings. The van der Waals surface area contributed by atoms with E-state index in [4.69, 9.17) is 11.6 Å². The zero-order valence-electron chi connectivity index (χ0n) is 8.20. The summed E-state index contributed by atoms with van der Waals surface area (Å²) in [5.74, 6) is -0.334. The van der Waals surface area contributed by atoms with Gasteiger partial charge in [0.2, 0.25) is 0 Å². The first-order chi connectivity index (χ1) is 7.11. The molecule has 5 heteroatoms. The fourth-order valence-corrected chi connectivity index (χ4v) is 2.43. The number of aryl methyl sites for hydroxylation is 1. The van der Waals surface area contributed by atoms with Gasteiger partial charge in [-0.05, 0) is 24.6 Å². The van der Waals surface area contributed by atoms with E-state index in [-0.39, 0.29) is 5.97 Å². The number of rotatable bonds is 1. The summed E-state index contributed by atoms with van der Waals surface area (Å²) < 4.78 is 6.06. The number of nitrogens with zero attached hydrogens (tertiary/aromatic N) is 1. The largest absolute Gasteiger partial charge is 0.465 e. The Morgan fingerprint density at radius 2 is 2.27 bits per heavy atom. The maximum atomic E-state index is 11.4. The van der Waals surface area contributed by atoms with Crippen molar-refractivity contribution in [1.29, 1.82) is 0 Å². The van der Waals surface area contributed by atoms with Gasteiger partial charge in [0.05, 0.1) is 22.9 Å². The van der Waals surface area contributed by atoms with Crippen LogP contribution in [-0.2, 0) is 4.74 Å². The lowest BCUT2D eigenvalue weighted by molar-refractivity contribution is 0.0600. The number of carbonyl (C=O) groups excluding carboxylic acids is 1. The number of carbonyl (C=O) groups is 1. The van der Waals surface area contributed by atoms with Crippen molar-refractivity contribution in [3.05, 3.63) is 27.7 Å². The SMILES string of the molecule is COC(=O)c1cc2sc(Cl)nc2cc1C. The van der Waals surface area contributed by atoms with Crippen molar-refractivity contribution < 1.29 is 9.53 Å². The van der Waals surface area contributed by atoms with Crippen LogP contribution in [0.5, 0.6) is 0 Å². The molecule has 0 atom stereocenters. The first kappa shape index (κ1) is 10.4. The monoisotopic (exact) mass is 241 g/mol. The third-order valence-corrected chi connectivity index (χ3v) is 3.24. The Bertz CT molecular complexity index is 535. The number of benzene rings is 1. The van der Waals surface area contributed by atoms with E-state index in [1.807, 2.05) is 13.0 Å². The van der Waals surface area contributed by atoms with Crippen LogP contribution in [-0.4, -0.2) is 18.1 Å². The highest BCUT2D eigenvalue weighted by atomic mass is 35.5. The topological polar surface area (TPSA) is 39.2 Å². The summed E-state index contributed by atoms with van der Waals surface area (Å²) in [5, 5.41) is 0. The molecule has 0 unspecified atom stereocenters. The summed E-state index contributed by atoms with van der Waals surface area (Å²) >= 11 is 7.14. The van der Waals surface area contributed by atoms with E-state index in [0.717, 1.165) is 15.8 Å². The number of hydrogen-bond acceptors (Lipinski definition) is 4. The molecule has 0 aliphatic heterocycles. The van der Waals surface area contributed by atoms with E-state index in [9.17, 15) is 4.79 Å². The zero-order valence-corrected chi connectivity index (χ0v) is 9.78.